The van der Waals surface area contributed by atoms with Crippen LogP contribution in [0, 0.1) is 0 Å². The van der Waals surface area contributed by atoms with Crippen LogP contribution >= 0.6 is 0 Å². The molecule has 1 aromatic carbocycles. The minimum Gasteiger partial charge on any atom is -0.508 e. The smallest absolute Gasteiger partial charge is 0.126 e. The summed E-state index contributed by atoms with van der Waals surface area (Å²) in [5.41, 5.74) is 0.910. The molecule has 0 saturated heterocycles. The van der Waals surface area contributed by atoms with Gasteiger partial charge in [-0.3, -0.25) is 0 Å². The summed E-state index contributed by atoms with van der Waals surface area (Å²) in [5, 5.41) is 12.7. The molecule has 0 unspecified atom stereocenters. The number of hydrogen-bond acceptors (Lipinski definition) is 3. The number of likely N-dealkylation sites (N-methyl/N-ethyl adjacent to an activating group) is 1. The van der Waals surface area contributed by atoms with Crippen molar-refractivity contribution >= 4 is 0 Å². The first-order valence-corrected chi connectivity index (χ1v) is 4.42. The fourth-order valence-electron chi connectivity index (χ4n) is 1.58. The second-order valence-electron chi connectivity index (χ2n) is 3.25. The molecular weight excluding hydrogens is 166 g/mol. The number of hydrogen-bond donors (Lipinski definition) is 2. The van der Waals surface area contributed by atoms with Crippen molar-refractivity contribution in [1.82, 2.24) is 5.32 Å². The van der Waals surface area contributed by atoms with Gasteiger partial charge in [0, 0.05) is 11.6 Å². The van der Waals surface area contributed by atoms with Crippen LogP contribution in [0.15, 0.2) is 18.2 Å². The van der Waals surface area contributed by atoms with Crippen molar-refractivity contribution in [2.75, 3.05) is 13.7 Å². The number of aromatic hydroxyl groups is 1. The van der Waals surface area contributed by atoms with E-state index >= 15 is 0 Å². The Kier molecular flexibility index (Phi) is 2.10. The quantitative estimate of drug-likeness (QED) is 0.673. The molecule has 1 aromatic rings. The van der Waals surface area contributed by atoms with Crippen molar-refractivity contribution in [3.05, 3.63) is 23.8 Å². The largest absolute Gasteiger partial charge is 0.508 e. The summed E-state index contributed by atoms with van der Waals surface area (Å²) in [7, 11) is 1.90. The first-order valence-electron chi connectivity index (χ1n) is 4.42. The van der Waals surface area contributed by atoms with Crippen molar-refractivity contribution in [2.45, 2.75) is 12.5 Å². The normalized spacial score (nSPS) is 20.5. The molecule has 70 valence electrons. The molecule has 2 N–H and O–H groups in total. The van der Waals surface area contributed by atoms with Gasteiger partial charge in [0.2, 0.25) is 0 Å². The van der Waals surface area contributed by atoms with Gasteiger partial charge in [0.15, 0.2) is 0 Å². The molecule has 3 nitrogen and oxygen atoms in total. The van der Waals surface area contributed by atoms with Crippen molar-refractivity contribution in [3.63, 3.8) is 0 Å². The molecule has 0 bridgehead atoms. The van der Waals surface area contributed by atoms with Crippen LogP contribution in [0.5, 0.6) is 11.5 Å². The topological polar surface area (TPSA) is 41.5 Å². The molecule has 1 aliphatic rings. The second-order valence-corrected chi connectivity index (χ2v) is 3.25. The minimum absolute atomic E-state index is 0.306. The van der Waals surface area contributed by atoms with Crippen LogP contribution in [0.25, 0.3) is 0 Å². The molecule has 0 amide bonds. The average molecular weight is 179 g/mol. The summed E-state index contributed by atoms with van der Waals surface area (Å²) in [5.74, 6) is 1.14. The van der Waals surface area contributed by atoms with Gasteiger partial charge in [0.1, 0.15) is 18.1 Å². The maximum atomic E-state index is 9.56. The van der Waals surface area contributed by atoms with Crippen molar-refractivity contribution in [3.8, 4) is 11.5 Å². The molecule has 1 atom stereocenters. The standard InChI is InChI=1S/C10H13NO2/c1-11-7-5-8-9(12)3-2-4-10(8)13-6-7/h2-4,7,11-12H,5-6H2,1H3/t7-/m1/s1. The predicted molar refractivity (Wildman–Crippen MR) is 50.2 cm³/mol. The summed E-state index contributed by atoms with van der Waals surface area (Å²) in [6.45, 7) is 0.674. The molecule has 0 spiro atoms. The van der Waals surface area contributed by atoms with E-state index in [4.69, 9.17) is 4.74 Å². The molecule has 3 heteroatoms. The van der Waals surface area contributed by atoms with E-state index in [1.807, 2.05) is 13.1 Å². The Hall–Kier alpha value is -1.22. The molecule has 1 heterocycles. The third-order valence-electron chi connectivity index (χ3n) is 2.41. The van der Waals surface area contributed by atoms with Crippen molar-refractivity contribution < 1.29 is 9.84 Å². The summed E-state index contributed by atoms with van der Waals surface area (Å²) >= 11 is 0. The van der Waals surface area contributed by atoms with E-state index < -0.39 is 0 Å². The maximum absolute atomic E-state index is 9.56. The number of phenols is 1. The Morgan fingerprint density at radius 3 is 3.15 bits per heavy atom. The highest BCUT2D eigenvalue weighted by atomic mass is 16.5. The van der Waals surface area contributed by atoms with Gasteiger partial charge in [-0.15, -0.1) is 0 Å². The van der Waals surface area contributed by atoms with E-state index in [9.17, 15) is 5.11 Å². The van der Waals surface area contributed by atoms with Crippen LogP contribution in [0.1, 0.15) is 5.56 Å². The average Bonchev–Trinajstić information content (AvgIpc) is 2.18. The van der Waals surface area contributed by atoms with Gasteiger partial charge in [-0.1, -0.05) is 6.07 Å². The van der Waals surface area contributed by atoms with Crippen LogP contribution in [0.2, 0.25) is 0 Å². The number of rotatable bonds is 1. The lowest BCUT2D eigenvalue weighted by Gasteiger charge is -2.25. The lowest BCUT2D eigenvalue weighted by Crippen LogP contribution is -2.36. The van der Waals surface area contributed by atoms with Gasteiger partial charge in [-0.25, -0.2) is 0 Å². The van der Waals surface area contributed by atoms with Crippen LogP contribution in [-0.4, -0.2) is 24.8 Å². The molecule has 13 heavy (non-hydrogen) atoms. The molecule has 0 aromatic heterocycles. The van der Waals surface area contributed by atoms with Crippen LogP contribution < -0.4 is 10.1 Å². The Morgan fingerprint density at radius 1 is 1.54 bits per heavy atom. The predicted octanol–water partition coefficient (Wildman–Crippen LogP) is 0.915. The van der Waals surface area contributed by atoms with Gasteiger partial charge < -0.3 is 15.2 Å². The Bertz CT molecular complexity index is 312. The van der Waals surface area contributed by atoms with Crippen molar-refractivity contribution in [1.29, 1.82) is 0 Å². The minimum atomic E-state index is 0.306. The first kappa shape index (κ1) is 8.38. The zero-order valence-corrected chi connectivity index (χ0v) is 7.58. The van der Waals surface area contributed by atoms with E-state index in [0.29, 0.717) is 18.4 Å². The summed E-state index contributed by atoms with van der Waals surface area (Å²) in [6.07, 6.45) is 0.832. The molecule has 0 radical (unpaired) electrons. The third kappa shape index (κ3) is 1.47. The van der Waals surface area contributed by atoms with E-state index in [1.165, 1.54) is 0 Å². The van der Waals surface area contributed by atoms with E-state index in [1.54, 1.807) is 12.1 Å². The molecule has 1 aliphatic heterocycles. The molecule has 0 aliphatic carbocycles. The fraction of sp³-hybridized carbons (Fsp3) is 0.400. The summed E-state index contributed by atoms with van der Waals surface area (Å²) in [4.78, 5) is 0. The Morgan fingerprint density at radius 2 is 2.38 bits per heavy atom. The lowest BCUT2D eigenvalue weighted by molar-refractivity contribution is 0.242. The maximum Gasteiger partial charge on any atom is 0.126 e. The van der Waals surface area contributed by atoms with Crippen molar-refractivity contribution in [2.24, 2.45) is 0 Å². The van der Waals surface area contributed by atoms with Crippen LogP contribution in [-0.2, 0) is 6.42 Å². The highest BCUT2D eigenvalue weighted by Gasteiger charge is 2.20. The van der Waals surface area contributed by atoms with E-state index in [0.717, 1.165) is 17.7 Å². The number of nitrogens with one attached hydrogen (secondary N) is 1. The Balaban J connectivity index is 2.32. The number of fused-ring (bicyclic) bond motifs is 1. The second kappa shape index (κ2) is 3.26. The van der Waals surface area contributed by atoms with E-state index in [-0.39, 0.29) is 0 Å². The Labute approximate surface area is 77.3 Å². The highest BCUT2D eigenvalue weighted by molar-refractivity contribution is 5.45. The van der Waals surface area contributed by atoms with Crippen LogP contribution in [0.4, 0.5) is 0 Å². The van der Waals surface area contributed by atoms with E-state index in [2.05, 4.69) is 5.32 Å². The van der Waals surface area contributed by atoms with Gasteiger partial charge in [-0.2, -0.15) is 0 Å². The summed E-state index contributed by atoms with van der Waals surface area (Å²) in [6, 6.07) is 5.69. The monoisotopic (exact) mass is 179 g/mol. The first-order chi connectivity index (χ1) is 6.31. The molecule has 0 fully saturated rings. The van der Waals surface area contributed by atoms with Gasteiger partial charge in [0.25, 0.3) is 0 Å². The fourth-order valence-corrected chi connectivity index (χ4v) is 1.58. The zero-order chi connectivity index (χ0) is 9.26. The van der Waals surface area contributed by atoms with Gasteiger partial charge in [-0.05, 0) is 25.6 Å². The molecular formula is C10H13NO2. The lowest BCUT2D eigenvalue weighted by atomic mass is 10.0. The SMILES string of the molecule is CN[C@H]1COc2cccc(O)c2C1. The number of benzene rings is 1. The number of ether oxygens (including phenoxy) is 1. The molecule has 0 saturated carbocycles. The number of phenolic OH excluding ortho intramolecular Hbond substituents is 1. The van der Waals surface area contributed by atoms with Gasteiger partial charge in [0.05, 0.1) is 0 Å². The summed E-state index contributed by atoms with van der Waals surface area (Å²) < 4.78 is 5.49. The zero-order valence-electron chi connectivity index (χ0n) is 7.58. The highest BCUT2D eigenvalue weighted by Crippen LogP contribution is 2.31. The van der Waals surface area contributed by atoms with Crippen LogP contribution in [0.3, 0.4) is 0 Å². The third-order valence-corrected chi connectivity index (χ3v) is 2.41. The van der Waals surface area contributed by atoms with Gasteiger partial charge >= 0.3 is 0 Å². The molecule has 2 rings (SSSR count).